The molecule has 0 radical (unpaired) electrons. The molecule has 0 atom stereocenters. The number of rotatable bonds is 1. The summed E-state index contributed by atoms with van der Waals surface area (Å²) in [6.45, 7) is 7.56. The van der Waals surface area contributed by atoms with E-state index >= 15 is 0 Å². The summed E-state index contributed by atoms with van der Waals surface area (Å²) in [6, 6.07) is 0. The molecule has 122 valence electrons. The van der Waals surface area contributed by atoms with Crippen LogP contribution in [-0.4, -0.2) is 46.9 Å². The van der Waals surface area contributed by atoms with Gasteiger partial charge < -0.3 is 20.5 Å². The van der Waals surface area contributed by atoms with E-state index in [1.54, 1.807) is 0 Å². The van der Waals surface area contributed by atoms with Gasteiger partial charge in [-0.05, 0) is 64.7 Å². The van der Waals surface area contributed by atoms with Gasteiger partial charge in [-0.15, -0.1) is 0 Å². The van der Waals surface area contributed by atoms with Gasteiger partial charge in [-0.3, -0.25) is 0 Å². The fraction of sp³-hybridized carbons (Fsp3) is 0.938. The number of nitrogens with zero attached hydrogens (tertiary/aromatic N) is 1. The molecule has 5 heteroatoms. The van der Waals surface area contributed by atoms with E-state index in [4.69, 9.17) is 10.5 Å². The lowest BCUT2D eigenvalue weighted by atomic mass is 9.64. The second-order valence-corrected chi connectivity index (χ2v) is 7.90. The molecule has 0 aromatic carbocycles. The number of ether oxygens (including phenoxy) is 1. The molecule has 2 aliphatic rings. The molecule has 1 aliphatic carbocycles. The average molecular weight is 298 g/mol. The maximum absolute atomic E-state index is 12.1. The van der Waals surface area contributed by atoms with Crippen molar-refractivity contribution in [3.8, 4) is 0 Å². The smallest absolute Gasteiger partial charge is 0.410 e. The maximum atomic E-state index is 12.1. The highest BCUT2D eigenvalue weighted by Gasteiger charge is 2.43. The minimum atomic E-state index is -0.659. The predicted octanol–water partition coefficient (Wildman–Crippen LogP) is 2.27. The van der Waals surface area contributed by atoms with E-state index in [1.807, 2.05) is 25.7 Å². The summed E-state index contributed by atoms with van der Waals surface area (Å²) in [4.78, 5) is 13.9. The van der Waals surface area contributed by atoms with Crippen molar-refractivity contribution in [1.82, 2.24) is 4.90 Å². The van der Waals surface area contributed by atoms with Gasteiger partial charge in [0.25, 0.3) is 0 Å². The van der Waals surface area contributed by atoms with Crippen LogP contribution in [0.4, 0.5) is 4.79 Å². The Bertz CT molecular complexity index is 371. The van der Waals surface area contributed by atoms with Gasteiger partial charge in [-0.1, -0.05) is 0 Å². The summed E-state index contributed by atoms with van der Waals surface area (Å²) < 4.78 is 5.43. The highest BCUT2D eigenvalue weighted by molar-refractivity contribution is 5.68. The predicted molar refractivity (Wildman–Crippen MR) is 81.9 cm³/mol. The zero-order chi connectivity index (χ0) is 15.7. The van der Waals surface area contributed by atoms with Crippen LogP contribution in [0.1, 0.15) is 59.3 Å². The molecule has 1 amide bonds. The Morgan fingerprint density at radius 2 is 1.67 bits per heavy atom. The quantitative estimate of drug-likeness (QED) is 0.778. The van der Waals surface area contributed by atoms with Crippen molar-refractivity contribution in [2.75, 3.05) is 19.6 Å². The zero-order valence-corrected chi connectivity index (χ0v) is 13.7. The van der Waals surface area contributed by atoms with Crippen molar-refractivity contribution in [2.45, 2.75) is 70.5 Å². The highest BCUT2D eigenvalue weighted by atomic mass is 16.6. The molecule has 3 N–H and O–H groups in total. The molecular formula is C16H30N2O3. The number of nitrogens with two attached hydrogens (primary N) is 1. The van der Waals surface area contributed by atoms with E-state index in [2.05, 4.69) is 0 Å². The number of carbonyl (C=O) groups excluding carboxylic acids is 1. The lowest BCUT2D eigenvalue weighted by Crippen LogP contribution is -2.49. The molecule has 1 saturated heterocycles. The molecule has 1 saturated carbocycles. The molecule has 0 unspecified atom stereocenters. The lowest BCUT2D eigenvalue weighted by Gasteiger charge is -2.48. The van der Waals surface area contributed by atoms with E-state index in [-0.39, 0.29) is 6.09 Å². The first kappa shape index (κ1) is 16.6. The van der Waals surface area contributed by atoms with Crippen LogP contribution in [0.2, 0.25) is 0 Å². The van der Waals surface area contributed by atoms with Gasteiger partial charge in [0, 0.05) is 19.6 Å². The van der Waals surface area contributed by atoms with Gasteiger partial charge in [0.1, 0.15) is 5.60 Å². The van der Waals surface area contributed by atoms with Crippen LogP contribution in [0.25, 0.3) is 0 Å². The molecule has 2 rings (SSSR count). The lowest BCUT2D eigenvalue weighted by molar-refractivity contribution is -0.0487. The van der Waals surface area contributed by atoms with Crippen LogP contribution < -0.4 is 5.73 Å². The Morgan fingerprint density at radius 1 is 1.14 bits per heavy atom. The fourth-order valence-corrected chi connectivity index (χ4v) is 3.44. The normalized spacial score (nSPS) is 24.9. The number of amides is 1. The van der Waals surface area contributed by atoms with E-state index in [1.165, 1.54) is 0 Å². The number of likely N-dealkylation sites (tertiary alicyclic amines) is 1. The van der Waals surface area contributed by atoms with Crippen LogP contribution in [0.3, 0.4) is 0 Å². The second-order valence-electron chi connectivity index (χ2n) is 7.90. The van der Waals surface area contributed by atoms with Crippen LogP contribution in [-0.2, 0) is 4.74 Å². The van der Waals surface area contributed by atoms with Crippen LogP contribution in [0.15, 0.2) is 0 Å². The van der Waals surface area contributed by atoms with Gasteiger partial charge in [-0.2, -0.15) is 0 Å². The Kier molecular flexibility index (Phi) is 4.54. The Hall–Kier alpha value is -0.810. The largest absolute Gasteiger partial charge is 0.444 e. The first-order valence-electron chi connectivity index (χ1n) is 8.08. The van der Waals surface area contributed by atoms with Crippen molar-refractivity contribution in [1.29, 1.82) is 0 Å². The minimum absolute atomic E-state index is 0.202. The summed E-state index contributed by atoms with van der Waals surface area (Å²) in [6.07, 6.45) is 5.42. The van der Waals surface area contributed by atoms with Crippen LogP contribution in [0.5, 0.6) is 0 Å². The van der Waals surface area contributed by atoms with Gasteiger partial charge in [0.05, 0.1) is 5.60 Å². The second kappa shape index (κ2) is 5.76. The first-order chi connectivity index (χ1) is 9.67. The summed E-state index contributed by atoms with van der Waals surface area (Å²) >= 11 is 0. The maximum Gasteiger partial charge on any atom is 0.410 e. The number of aliphatic hydroxyl groups is 1. The third-order valence-corrected chi connectivity index (χ3v) is 5.10. The number of hydrogen-bond donors (Lipinski definition) is 2. The average Bonchev–Trinajstić information content (AvgIpc) is 2.42. The zero-order valence-electron chi connectivity index (χ0n) is 13.7. The van der Waals surface area contributed by atoms with Crippen molar-refractivity contribution >= 4 is 6.09 Å². The number of piperidine rings is 1. The van der Waals surface area contributed by atoms with E-state index in [0.717, 1.165) is 51.6 Å². The number of carbonyl (C=O) groups is 1. The molecule has 1 heterocycles. The summed E-state index contributed by atoms with van der Waals surface area (Å²) in [7, 11) is 0. The topological polar surface area (TPSA) is 75.8 Å². The first-order valence-corrected chi connectivity index (χ1v) is 8.08. The number of hydrogen-bond acceptors (Lipinski definition) is 4. The fourth-order valence-electron chi connectivity index (χ4n) is 3.44. The van der Waals surface area contributed by atoms with Crippen molar-refractivity contribution < 1.29 is 14.6 Å². The Labute approximate surface area is 127 Å². The minimum Gasteiger partial charge on any atom is -0.444 e. The molecule has 0 aromatic heterocycles. The third kappa shape index (κ3) is 4.10. The van der Waals surface area contributed by atoms with Crippen LogP contribution in [0, 0.1) is 5.41 Å². The van der Waals surface area contributed by atoms with Crippen LogP contribution >= 0.6 is 0 Å². The molecule has 1 spiro atoms. The standard InChI is InChI=1S/C16H30N2O3/c1-14(2,3)21-13(19)18-10-8-15(9-11-18)4-6-16(20,12-17)7-5-15/h20H,4-12,17H2,1-3H3. The highest BCUT2D eigenvalue weighted by Crippen LogP contribution is 2.47. The van der Waals surface area contributed by atoms with Gasteiger partial charge in [-0.25, -0.2) is 4.79 Å². The van der Waals surface area contributed by atoms with Gasteiger partial charge >= 0.3 is 6.09 Å². The van der Waals surface area contributed by atoms with Gasteiger partial charge in [0.15, 0.2) is 0 Å². The third-order valence-electron chi connectivity index (χ3n) is 5.10. The molecule has 21 heavy (non-hydrogen) atoms. The molecule has 1 aliphatic heterocycles. The van der Waals surface area contributed by atoms with Crippen molar-refractivity contribution in [3.05, 3.63) is 0 Å². The van der Waals surface area contributed by atoms with E-state index < -0.39 is 11.2 Å². The van der Waals surface area contributed by atoms with Crippen molar-refractivity contribution in [3.63, 3.8) is 0 Å². The summed E-state index contributed by atoms with van der Waals surface area (Å²) in [5.41, 5.74) is 4.85. The molecular weight excluding hydrogens is 268 g/mol. The summed E-state index contributed by atoms with van der Waals surface area (Å²) in [5.74, 6) is 0. The Morgan fingerprint density at radius 3 is 2.10 bits per heavy atom. The molecule has 0 aromatic rings. The van der Waals surface area contributed by atoms with E-state index in [9.17, 15) is 9.90 Å². The Balaban J connectivity index is 1.85. The van der Waals surface area contributed by atoms with Gasteiger partial charge in [0.2, 0.25) is 0 Å². The SMILES string of the molecule is CC(C)(C)OC(=O)N1CCC2(CC1)CCC(O)(CN)CC2. The van der Waals surface area contributed by atoms with Crippen molar-refractivity contribution in [2.24, 2.45) is 11.1 Å². The summed E-state index contributed by atoms with van der Waals surface area (Å²) in [5, 5.41) is 10.3. The monoisotopic (exact) mass is 298 g/mol. The molecule has 2 fully saturated rings. The molecule has 0 bridgehead atoms. The van der Waals surface area contributed by atoms with E-state index in [0.29, 0.717) is 12.0 Å². The molecule has 5 nitrogen and oxygen atoms in total.